The second-order valence-electron chi connectivity index (χ2n) is 10.1. The van der Waals surface area contributed by atoms with Crippen LogP contribution in [0, 0.1) is 0 Å². The molecule has 1 aromatic carbocycles. The topological polar surface area (TPSA) is 69.1 Å². The highest BCUT2D eigenvalue weighted by Gasteiger charge is 2.54. The third-order valence-electron chi connectivity index (χ3n) is 8.22. The van der Waals surface area contributed by atoms with Crippen LogP contribution in [0.2, 0.25) is 0 Å². The summed E-state index contributed by atoms with van der Waals surface area (Å²) < 4.78 is 2.26. The van der Waals surface area contributed by atoms with E-state index >= 15 is 0 Å². The summed E-state index contributed by atoms with van der Waals surface area (Å²) in [4.78, 5) is 15.2. The largest absolute Gasteiger partial charge is 0.362 e. The summed E-state index contributed by atoms with van der Waals surface area (Å²) in [6.07, 6.45) is 7.81. The van der Waals surface area contributed by atoms with Crippen molar-refractivity contribution in [2.45, 2.75) is 69.5 Å². The van der Waals surface area contributed by atoms with Crippen molar-refractivity contribution < 1.29 is 4.79 Å². The van der Waals surface area contributed by atoms with Crippen LogP contribution in [0.15, 0.2) is 62.4 Å². The summed E-state index contributed by atoms with van der Waals surface area (Å²) in [7, 11) is 2.13. The Morgan fingerprint density at radius 3 is 2.82 bits per heavy atom. The van der Waals surface area contributed by atoms with Gasteiger partial charge >= 0.3 is 0 Å². The van der Waals surface area contributed by atoms with Gasteiger partial charge in [0.15, 0.2) is 6.17 Å². The van der Waals surface area contributed by atoms with Crippen LogP contribution in [0.25, 0.3) is 5.57 Å². The number of rotatable bonds is 3. The lowest BCUT2D eigenvalue weighted by atomic mass is 9.61. The SMILES string of the molecule is CC[C@@]1(c2cccc(C3=C(C)SN(C)C3)c2)C2=CN=NC2NC2=C1C(=O)NC1(CCCC1)C2. The fourth-order valence-electron chi connectivity index (χ4n) is 6.71. The van der Waals surface area contributed by atoms with Crippen LogP contribution in [0.5, 0.6) is 0 Å². The minimum absolute atomic E-state index is 0.0794. The minimum atomic E-state index is -0.527. The third-order valence-corrected chi connectivity index (χ3v) is 9.18. The van der Waals surface area contributed by atoms with Gasteiger partial charge in [-0.1, -0.05) is 44.0 Å². The predicted molar refractivity (Wildman–Crippen MR) is 132 cm³/mol. The highest BCUT2D eigenvalue weighted by molar-refractivity contribution is 8.01. The molecule has 2 atom stereocenters. The fraction of sp³-hybridized carbons (Fsp3) is 0.500. The maximum absolute atomic E-state index is 13.8. The molecule has 5 aliphatic rings. The number of benzene rings is 1. The van der Waals surface area contributed by atoms with E-state index in [0.29, 0.717) is 0 Å². The number of nitrogens with zero attached hydrogens (tertiary/aromatic N) is 3. The van der Waals surface area contributed by atoms with Gasteiger partial charge in [-0.05, 0) is 61.9 Å². The average Bonchev–Trinajstić information content (AvgIpc) is 3.53. The molecule has 172 valence electrons. The molecule has 1 saturated carbocycles. The Morgan fingerprint density at radius 2 is 2.09 bits per heavy atom. The van der Waals surface area contributed by atoms with E-state index < -0.39 is 5.41 Å². The van der Waals surface area contributed by atoms with Crippen LogP contribution in [-0.2, 0) is 10.2 Å². The highest BCUT2D eigenvalue weighted by atomic mass is 32.2. The monoisotopic (exact) mass is 461 g/mol. The second-order valence-corrected chi connectivity index (χ2v) is 11.5. The van der Waals surface area contributed by atoms with Crippen LogP contribution in [0.1, 0.15) is 63.5 Å². The number of hydrogen-bond acceptors (Lipinski definition) is 6. The van der Waals surface area contributed by atoms with Crippen LogP contribution < -0.4 is 10.6 Å². The lowest BCUT2D eigenvalue weighted by Crippen LogP contribution is -2.59. The zero-order valence-corrected chi connectivity index (χ0v) is 20.4. The summed E-state index contributed by atoms with van der Waals surface area (Å²) in [5.74, 6) is 0.0794. The molecule has 4 aliphatic heterocycles. The Morgan fingerprint density at radius 1 is 1.27 bits per heavy atom. The van der Waals surface area contributed by atoms with Gasteiger partial charge in [-0.2, -0.15) is 10.2 Å². The van der Waals surface area contributed by atoms with Gasteiger partial charge in [0.1, 0.15) is 0 Å². The normalized spacial score (nSPS) is 30.5. The molecule has 33 heavy (non-hydrogen) atoms. The first-order valence-electron chi connectivity index (χ1n) is 12.1. The van der Waals surface area contributed by atoms with Crippen molar-refractivity contribution in [2.75, 3.05) is 13.6 Å². The molecule has 0 radical (unpaired) electrons. The maximum atomic E-state index is 13.8. The van der Waals surface area contributed by atoms with Crippen molar-refractivity contribution in [3.05, 3.63) is 63.3 Å². The number of allylic oxidation sites excluding steroid dienone is 1. The van der Waals surface area contributed by atoms with Crippen molar-refractivity contribution in [2.24, 2.45) is 10.2 Å². The number of carbonyl (C=O) groups excluding carboxylic acids is 1. The van der Waals surface area contributed by atoms with Gasteiger partial charge in [-0.3, -0.25) is 4.79 Å². The first-order chi connectivity index (χ1) is 16.0. The average molecular weight is 462 g/mol. The molecule has 1 aromatic rings. The standard InChI is InChI=1S/C26H31N5OS/c1-4-26(18-9-7-8-17(12-18)19-15-31(3)33-16(19)2)20-14-27-30-23(20)28-21-13-25(10-5-6-11-25)29-24(32)22(21)26/h7-9,12,14,23,28H,4-6,10-11,13,15H2,1-3H3,(H,29,32)/t23?,26-/m1/s1. The maximum Gasteiger partial charge on any atom is 0.250 e. The molecular weight excluding hydrogens is 430 g/mol. The summed E-state index contributed by atoms with van der Waals surface area (Å²) in [5, 5.41) is 15.9. The number of nitrogens with one attached hydrogen (secondary N) is 2. The fourth-order valence-corrected chi connectivity index (χ4v) is 7.67. The first kappa shape index (κ1) is 21.2. The van der Waals surface area contributed by atoms with E-state index in [2.05, 4.69) is 70.3 Å². The summed E-state index contributed by atoms with van der Waals surface area (Å²) in [6, 6.07) is 8.84. The highest BCUT2D eigenvalue weighted by Crippen LogP contribution is 2.53. The molecule has 2 N–H and O–H groups in total. The summed E-state index contributed by atoms with van der Waals surface area (Å²) >= 11 is 1.80. The lowest BCUT2D eigenvalue weighted by molar-refractivity contribution is -0.121. The summed E-state index contributed by atoms with van der Waals surface area (Å²) in [5.41, 5.74) is 6.17. The van der Waals surface area contributed by atoms with Gasteiger partial charge in [-0.15, -0.1) is 0 Å². The minimum Gasteiger partial charge on any atom is -0.362 e. The number of azo groups is 1. The number of amides is 1. The second kappa shape index (κ2) is 7.57. The Labute approximate surface area is 199 Å². The number of hydrogen-bond donors (Lipinski definition) is 2. The Bertz CT molecular complexity index is 1160. The van der Waals surface area contributed by atoms with Crippen molar-refractivity contribution in [3.63, 3.8) is 0 Å². The van der Waals surface area contributed by atoms with Crippen molar-refractivity contribution in [1.82, 2.24) is 14.9 Å². The molecule has 4 heterocycles. The quantitative estimate of drug-likeness (QED) is 0.620. The predicted octanol–water partition coefficient (Wildman–Crippen LogP) is 5.02. The molecule has 7 heteroatoms. The molecule has 1 aliphatic carbocycles. The van der Waals surface area contributed by atoms with E-state index in [9.17, 15) is 4.79 Å². The van der Waals surface area contributed by atoms with Crippen molar-refractivity contribution in [1.29, 1.82) is 0 Å². The van der Waals surface area contributed by atoms with E-state index in [-0.39, 0.29) is 17.6 Å². The molecule has 1 fully saturated rings. The third kappa shape index (κ3) is 3.08. The Hall–Kier alpha value is -2.38. The molecular formula is C26H31N5OS. The number of carbonyl (C=O) groups is 1. The van der Waals surface area contributed by atoms with Crippen molar-refractivity contribution >= 4 is 23.4 Å². The Balaban J connectivity index is 1.52. The smallest absolute Gasteiger partial charge is 0.250 e. The van der Waals surface area contributed by atoms with Gasteiger partial charge < -0.3 is 10.6 Å². The molecule has 6 rings (SSSR count). The van der Waals surface area contributed by atoms with Crippen molar-refractivity contribution in [3.8, 4) is 0 Å². The van der Waals surface area contributed by atoms with Crippen LogP contribution in [0.3, 0.4) is 0 Å². The van der Waals surface area contributed by atoms with Crippen LogP contribution in [0.4, 0.5) is 0 Å². The van der Waals surface area contributed by atoms with E-state index in [1.165, 1.54) is 28.9 Å². The number of likely N-dealkylation sites (N-methyl/N-ethyl adjacent to an activating group) is 1. The molecule has 0 aromatic heterocycles. The molecule has 1 spiro atoms. The first-order valence-corrected chi connectivity index (χ1v) is 12.9. The Kier molecular flexibility index (Phi) is 4.86. The van der Waals surface area contributed by atoms with Crippen LogP contribution in [-0.4, -0.2) is 35.5 Å². The van der Waals surface area contributed by atoms with Gasteiger partial charge in [0, 0.05) is 34.7 Å². The molecule has 6 nitrogen and oxygen atoms in total. The van der Waals surface area contributed by atoms with E-state index in [1.807, 2.05) is 6.20 Å². The summed E-state index contributed by atoms with van der Waals surface area (Å²) in [6.45, 7) is 5.31. The van der Waals surface area contributed by atoms with E-state index in [1.54, 1.807) is 11.9 Å². The van der Waals surface area contributed by atoms with Gasteiger partial charge in [-0.25, -0.2) is 4.31 Å². The van der Waals surface area contributed by atoms with E-state index in [0.717, 1.165) is 54.6 Å². The lowest BCUT2D eigenvalue weighted by Gasteiger charge is -2.49. The van der Waals surface area contributed by atoms with Gasteiger partial charge in [0.05, 0.1) is 17.2 Å². The number of fused-ring (bicyclic) bond motifs is 1. The zero-order valence-electron chi connectivity index (χ0n) is 19.6. The molecule has 0 bridgehead atoms. The zero-order chi connectivity index (χ0) is 22.8. The molecule has 0 saturated heterocycles. The van der Waals surface area contributed by atoms with Gasteiger partial charge in [0.2, 0.25) is 0 Å². The van der Waals surface area contributed by atoms with E-state index in [4.69, 9.17) is 0 Å². The molecule has 1 unspecified atom stereocenters. The molecule has 1 amide bonds. The van der Waals surface area contributed by atoms with Gasteiger partial charge in [0.25, 0.3) is 5.91 Å². The van der Waals surface area contributed by atoms with Crippen LogP contribution >= 0.6 is 11.9 Å².